The fourth-order valence-corrected chi connectivity index (χ4v) is 6.44. The first-order valence-electron chi connectivity index (χ1n) is 9.49. The zero-order chi connectivity index (χ0) is 21.2. The average Bonchev–Trinajstić information content (AvgIpc) is 2.66. The number of sulfonamides is 2. The van der Waals surface area contributed by atoms with Crippen LogP contribution in [0.2, 0.25) is 0 Å². The molecule has 2 aromatic rings. The second-order valence-electron chi connectivity index (χ2n) is 7.07. The minimum absolute atomic E-state index is 0.0948. The van der Waals surface area contributed by atoms with Gasteiger partial charge in [-0.3, -0.25) is 9.03 Å². The first-order chi connectivity index (χ1) is 13.7. The molecule has 9 heteroatoms. The van der Waals surface area contributed by atoms with Crippen LogP contribution in [0.25, 0.3) is 0 Å². The lowest BCUT2D eigenvalue weighted by Crippen LogP contribution is -2.37. The number of aryl methyl sites for hydroxylation is 2. The summed E-state index contributed by atoms with van der Waals surface area (Å²) in [5, 5.41) is 0. The minimum Gasteiger partial charge on any atom is -0.497 e. The molecule has 0 aromatic heterocycles. The monoisotopic (exact) mass is 438 g/mol. The fourth-order valence-electron chi connectivity index (χ4n) is 3.54. The van der Waals surface area contributed by atoms with Gasteiger partial charge in [-0.2, -0.15) is 0 Å². The lowest BCUT2D eigenvalue weighted by molar-refractivity contribution is 0.414. The smallest absolute Gasteiger partial charge is 0.262 e. The van der Waals surface area contributed by atoms with Crippen molar-refractivity contribution >= 4 is 31.4 Å². The van der Waals surface area contributed by atoms with Gasteiger partial charge in [-0.15, -0.1) is 0 Å². The number of ether oxygens (including phenoxy) is 1. The van der Waals surface area contributed by atoms with Crippen molar-refractivity contribution in [2.24, 2.45) is 0 Å². The molecule has 1 heterocycles. The van der Waals surface area contributed by atoms with Crippen molar-refractivity contribution in [1.82, 2.24) is 0 Å². The summed E-state index contributed by atoms with van der Waals surface area (Å²) in [6, 6.07) is 9.78. The van der Waals surface area contributed by atoms with E-state index in [9.17, 15) is 16.8 Å². The molecule has 0 spiro atoms. The van der Waals surface area contributed by atoms with E-state index >= 15 is 0 Å². The van der Waals surface area contributed by atoms with E-state index in [2.05, 4.69) is 4.72 Å². The van der Waals surface area contributed by atoms with Crippen LogP contribution in [0.3, 0.4) is 0 Å². The van der Waals surface area contributed by atoms with Crippen LogP contribution in [0.15, 0.2) is 41.3 Å². The Kier molecular flexibility index (Phi) is 6.09. The predicted octanol–water partition coefficient (Wildman–Crippen LogP) is 3.30. The molecule has 0 saturated heterocycles. The Morgan fingerprint density at radius 3 is 2.52 bits per heavy atom. The van der Waals surface area contributed by atoms with E-state index in [0.717, 1.165) is 5.56 Å². The van der Waals surface area contributed by atoms with Crippen LogP contribution in [0.5, 0.6) is 5.75 Å². The second-order valence-corrected chi connectivity index (χ2v) is 10.7. The van der Waals surface area contributed by atoms with Crippen LogP contribution < -0.4 is 13.8 Å². The Bertz CT molecular complexity index is 1110. The maximum Gasteiger partial charge on any atom is 0.262 e. The predicted molar refractivity (Wildman–Crippen MR) is 115 cm³/mol. The van der Waals surface area contributed by atoms with Gasteiger partial charge in [0.05, 0.1) is 23.4 Å². The average molecular weight is 439 g/mol. The van der Waals surface area contributed by atoms with E-state index in [1.807, 2.05) is 6.92 Å². The highest BCUT2D eigenvalue weighted by Gasteiger charge is 2.27. The molecular formula is C20H26N2O5S2. The van der Waals surface area contributed by atoms with E-state index in [-0.39, 0.29) is 10.6 Å². The normalized spacial score (nSPS) is 14.4. The summed E-state index contributed by atoms with van der Waals surface area (Å²) >= 11 is 0. The quantitative estimate of drug-likeness (QED) is 0.716. The van der Waals surface area contributed by atoms with Gasteiger partial charge in [0.2, 0.25) is 10.0 Å². The minimum atomic E-state index is -3.78. The molecule has 2 aromatic carbocycles. The number of anilines is 2. The first kappa shape index (κ1) is 21.4. The molecule has 1 N–H and O–H groups in total. The van der Waals surface area contributed by atoms with E-state index in [4.69, 9.17) is 4.74 Å². The molecule has 1 aliphatic heterocycles. The summed E-state index contributed by atoms with van der Waals surface area (Å²) in [7, 11) is -5.62. The van der Waals surface area contributed by atoms with Gasteiger partial charge in [-0.05, 0) is 73.7 Å². The maximum atomic E-state index is 12.8. The molecule has 0 unspecified atom stereocenters. The fraction of sp³-hybridized carbons (Fsp3) is 0.400. The lowest BCUT2D eigenvalue weighted by Gasteiger charge is -2.30. The van der Waals surface area contributed by atoms with Crippen LogP contribution in [0, 0.1) is 6.92 Å². The Morgan fingerprint density at radius 1 is 1.10 bits per heavy atom. The molecular weight excluding hydrogens is 412 g/mol. The van der Waals surface area contributed by atoms with Crippen molar-refractivity contribution in [2.75, 3.05) is 28.4 Å². The number of rotatable bonds is 7. The lowest BCUT2D eigenvalue weighted by atomic mass is 10.0. The van der Waals surface area contributed by atoms with Gasteiger partial charge in [0.1, 0.15) is 5.75 Å². The molecule has 1 aliphatic rings. The van der Waals surface area contributed by atoms with Crippen molar-refractivity contribution in [3.8, 4) is 5.75 Å². The highest BCUT2D eigenvalue weighted by atomic mass is 32.2. The molecule has 0 radical (unpaired) electrons. The standard InChI is InChI=1S/C20H26N2O5S2/c1-4-12-28(23,24)22-11-5-6-16-14-17(7-9-19(16)22)21-29(25,26)20-10-8-18(27-3)13-15(20)2/h7-10,13-14,21H,4-6,11-12H2,1-3H3. The summed E-state index contributed by atoms with van der Waals surface area (Å²) in [5.41, 5.74) is 2.44. The number of methoxy groups -OCH3 is 1. The number of hydrogen-bond donors (Lipinski definition) is 1. The van der Waals surface area contributed by atoms with E-state index in [0.29, 0.717) is 48.5 Å². The summed E-state index contributed by atoms with van der Waals surface area (Å²) in [4.78, 5) is 0.170. The second kappa shape index (κ2) is 8.23. The number of hydrogen-bond acceptors (Lipinski definition) is 5. The van der Waals surface area contributed by atoms with E-state index in [1.54, 1.807) is 37.3 Å². The van der Waals surface area contributed by atoms with Gasteiger partial charge in [0.25, 0.3) is 10.0 Å². The summed E-state index contributed by atoms with van der Waals surface area (Å²) in [6.07, 6.45) is 1.95. The van der Waals surface area contributed by atoms with Crippen molar-refractivity contribution in [2.45, 2.75) is 38.0 Å². The molecule has 0 fully saturated rings. The number of nitrogens with one attached hydrogen (secondary N) is 1. The molecule has 0 amide bonds. The van der Waals surface area contributed by atoms with Gasteiger partial charge < -0.3 is 4.74 Å². The topological polar surface area (TPSA) is 92.8 Å². The van der Waals surface area contributed by atoms with Crippen LogP contribution in [0.1, 0.15) is 30.9 Å². The summed E-state index contributed by atoms with van der Waals surface area (Å²) < 4.78 is 59.9. The largest absolute Gasteiger partial charge is 0.497 e. The zero-order valence-electron chi connectivity index (χ0n) is 16.8. The van der Waals surface area contributed by atoms with Crippen molar-refractivity contribution in [3.63, 3.8) is 0 Å². The van der Waals surface area contributed by atoms with Crippen LogP contribution in [-0.2, 0) is 26.5 Å². The highest BCUT2D eigenvalue weighted by Crippen LogP contribution is 2.33. The highest BCUT2D eigenvalue weighted by molar-refractivity contribution is 7.93. The molecule has 0 aliphatic carbocycles. The van der Waals surface area contributed by atoms with Crippen molar-refractivity contribution < 1.29 is 21.6 Å². The SMILES string of the molecule is CCCS(=O)(=O)N1CCCc2cc(NS(=O)(=O)c3ccc(OC)cc3C)ccc21. The Balaban J connectivity index is 1.90. The maximum absolute atomic E-state index is 12.8. The first-order valence-corrected chi connectivity index (χ1v) is 12.6. The third-order valence-corrected chi connectivity index (χ3v) is 8.39. The molecule has 0 bridgehead atoms. The molecule has 0 atom stereocenters. The number of fused-ring (bicyclic) bond motifs is 1. The van der Waals surface area contributed by atoms with Crippen LogP contribution in [-0.4, -0.2) is 36.2 Å². The number of benzene rings is 2. The summed E-state index contributed by atoms with van der Waals surface area (Å²) in [5.74, 6) is 0.681. The van der Waals surface area contributed by atoms with Crippen LogP contribution >= 0.6 is 0 Å². The van der Waals surface area contributed by atoms with E-state index in [1.165, 1.54) is 17.5 Å². The van der Waals surface area contributed by atoms with Gasteiger partial charge in [0.15, 0.2) is 0 Å². The third kappa shape index (κ3) is 4.51. The molecule has 3 rings (SSSR count). The zero-order valence-corrected chi connectivity index (χ0v) is 18.4. The molecule has 7 nitrogen and oxygen atoms in total. The van der Waals surface area contributed by atoms with Gasteiger partial charge in [-0.1, -0.05) is 6.92 Å². The van der Waals surface area contributed by atoms with Gasteiger partial charge >= 0.3 is 0 Å². The molecule has 158 valence electrons. The van der Waals surface area contributed by atoms with Crippen molar-refractivity contribution in [1.29, 1.82) is 0 Å². The Morgan fingerprint density at radius 2 is 1.86 bits per heavy atom. The van der Waals surface area contributed by atoms with Crippen LogP contribution in [0.4, 0.5) is 11.4 Å². The Hall–Kier alpha value is -2.26. The number of nitrogens with zero attached hydrogens (tertiary/aromatic N) is 1. The summed E-state index contributed by atoms with van der Waals surface area (Å²) in [6.45, 7) is 3.99. The van der Waals surface area contributed by atoms with Gasteiger partial charge in [-0.25, -0.2) is 16.8 Å². The molecule has 0 saturated carbocycles. The Labute approximate surface area is 172 Å². The van der Waals surface area contributed by atoms with E-state index < -0.39 is 20.0 Å². The van der Waals surface area contributed by atoms with Gasteiger partial charge in [0, 0.05) is 12.2 Å². The molecule has 29 heavy (non-hydrogen) atoms. The van der Waals surface area contributed by atoms with Crippen molar-refractivity contribution in [3.05, 3.63) is 47.5 Å². The third-order valence-electron chi connectivity index (χ3n) is 4.88.